The summed E-state index contributed by atoms with van der Waals surface area (Å²) < 4.78 is 5.42. The highest BCUT2D eigenvalue weighted by atomic mass is 35.5. The third-order valence-corrected chi connectivity index (χ3v) is 7.53. The summed E-state index contributed by atoms with van der Waals surface area (Å²) in [6, 6.07) is 16.7. The Morgan fingerprint density at radius 1 is 1.00 bits per heavy atom. The maximum atomic E-state index is 13.4. The van der Waals surface area contributed by atoms with Crippen LogP contribution in [0.15, 0.2) is 48.5 Å². The number of hydrogen-bond acceptors (Lipinski definition) is 5. The first-order chi connectivity index (χ1) is 16.2. The zero-order valence-electron chi connectivity index (χ0n) is 19.1. The van der Waals surface area contributed by atoms with Gasteiger partial charge in [0.05, 0.1) is 35.9 Å². The fourth-order valence-corrected chi connectivity index (χ4v) is 5.71. The molecule has 2 atom stereocenters. The number of piperazine rings is 1. The van der Waals surface area contributed by atoms with Gasteiger partial charge in [-0.25, -0.2) is 0 Å². The Morgan fingerprint density at radius 2 is 1.76 bits per heavy atom. The van der Waals surface area contributed by atoms with Gasteiger partial charge in [-0.05, 0) is 43.1 Å². The molecule has 33 heavy (non-hydrogen) atoms. The second-order valence-corrected chi connectivity index (χ2v) is 9.60. The zero-order chi connectivity index (χ0) is 22.6. The standard InChI is InChI=1S/C26H33ClN4O2/c27-22-7-2-4-9-24(22)30-12-13-31-23-8-3-1-6-20(23)18-21(25(31)19-30)26(32)28-10-5-11-29-14-16-33-17-15-29/h1-4,6-9,21,25H,5,10-19H2,(H,28,32)/t21-,25-/m1/s1. The van der Waals surface area contributed by atoms with Crippen molar-refractivity contribution in [3.63, 3.8) is 0 Å². The van der Waals surface area contributed by atoms with E-state index < -0.39 is 0 Å². The molecule has 3 aliphatic heterocycles. The summed E-state index contributed by atoms with van der Waals surface area (Å²) >= 11 is 6.51. The van der Waals surface area contributed by atoms with E-state index in [9.17, 15) is 4.79 Å². The van der Waals surface area contributed by atoms with Crippen molar-refractivity contribution in [1.82, 2.24) is 10.2 Å². The SMILES string of the molecule is O=C(NCCCN1CCOCC1)[C@@H]1Cc2ccccc2N2CCN(c3ccccc3Cl)C[C@H]12. The second-order valence-electron chi connectivity index (χ2n) is 9.20. The van der Waals surface area contributed by atoms with Crippen molar-refractivity contribution in [2.24, 2.45) is 5.92 Å². The maximum absolute atomic E-state index is 13.4. The van der Waals surface area contributed by atoms with Crippen molar-refractivity contribution in [3.05, 3.63) is 59.1 Å². The quantitative estimate of drug-likeness (QED) is 0.660. The number of fused-ring (bicyclic) bond motifs is 3. The number of hydrogen-bond donors (Lipinski definition) is 1. The molecule has 3 aliphatic rings. The van der Waals surface area contributed by atoms with Crippen LogP contribution in [-0.2, 0) is 16.0 Å². The van der Waals surface area contributed by atoms with Crippen molar-refractivity contribution in [2.45, 2.75) is 18.9 Å². The average Bonchev–Trinajstić information content (AvgIpc) is 2.86. The van der Waals surface area contributed by atoms with Crippen LogP contribution in [0.3, 0.4) is 0 Å². The normalized spacial score (nSPS) is 23.1. The number of halogens is 1. The minimum absolute atomic E-state index is 0.0754. The molecule has 2 saturated heterocycles. The Kier molecular flexibility index (Phi) is 7.04. The predicted molar refractivity (Wildman–Crippen MR) is 133 cm³/mol. The second kappa shape index (κ2) is 10.3. The number of morpholine rings is 1. The van der Waals surface area contributed by atoms with Gasteiger partial charge in [-0.2, -0.15) is 0 Å². The van der Waals surface area contributed by atoms with Crippen LogP contribution in [0.25, 0.3) is 0 Å². The Bertz CT molecular complexity index is 965. The van der Waals surface area contributed by atoms with E-state index in [0.717, 1.165) is 82.6 Å². The van der Waals surface area contributed by atoms with Crippen LogP contribution in [-0.4, -0.2) is 75.9 Å². The van der Waals surface area contributed by atoms with Gasteiger partial charge < -0.3 is 19.9 Å². The lowest BCUT2D eigenvalue weighted by atomic mass is 9.83. The number of nitrogens with zero attached hydrogens (tertiary/aromatic N) is 3. The molecule has 0 aliphatic carbocycles. The number of carbonyl (C=O) groups is 1. The van der Waals surface area contributed by atoms with Crippen LogP contribution in [0.1, 0.15) is 12.0 Å². The molecule has 0 unspecified atom stereocenters. The van der Waals surface area contributed by atoms with Crippen molar-refractivity contribution in [3.8, 4) is 0 Å². The summed E-state index contributed by atoms with van der Waals surface area (Å²) in [6.07, 6.45) is 1.75. The van der Waals surface area contributed by atoms with Crippen LogP contribution < -0.4 is 15.1 Å². The Morgan fingerprint density at radius 3 is 2.58 bits per heavy atom. The number of amides is 1. The monoisotopic (exact) mass is 468 g/mol. The molecular weight excluding hydrogens is 436 g/mol. The summed E-state index contributed by atoms with van der Waals surface area (Å²) in [5.74, 6) is 0.0936. The number of benzene rings is 2. The molecule has 0 aromatic heterocycles. The molecule has 3 heterocycles. The first-order valence-corrected chi connectivity index (χ1v) is 12.5. The molecule has 2 aromatic carbocycles. The van der Waals surface area contributed by atoms with E-state index in [1.54, 1.807) is 0 Å². The molecule has 0 spiro atoms. The van der Waals surface area contributed by atoms with E-state index in [1.807, 2.05) is 18.2 Å². The van der Waals surface area contributed by atoms with Gasteiger partial charge in [0.1, 0.15) is 0 Å². The topological polar surface area (TPSA) is 48.1 Å². The summed E-state index contributed by atoms with van der Waals surface area (Å²) in [7, 11) is 0. The first-order valence-electron chi connectivity index (χ1n) is 12.1. The van der Waals surface area contributed by atoms with E-state index in [1.165, 1.54) is 11.3 Å². The van der Waals surface area contributed by atoms with Gasteiger partial charge >= 0.3 is 0 Å². The largest absolute Gasteiger partial charge is 0.379 e. The number of para-hydroxylation sites is 2. The third kappa shape index (κ3) is 4.98. The van der Waals surface area contributed by atoms with Gasteiger partial charge in [-0.15, -0.1) is 0 Å². The van der Waals surface area contributed by atoms with Crippen LogP contribution in [0, 0.1) is 5.92 Å². The van der Waals surface area contributed by atoms with Crippen molar-refractivity contribution >= 4 is 28.9 Å². The highest BCUT2D eigenvalue weighted by molar-refractivity contribution is 6.33. The molecule has 0 radical (unpaired) electrons. The minimum atomic E-state index is -0.0754. The molecule has 2 aromatic rings. The van der Waals surface area contributed by atoms with Gasteiger partial charge in [0.2, 0.25) is 5.91 Å². The highest BCUT2D eigenvalue weighted by Crippen LogP contribution is 2.38. The number of carbonyl (C=O) groups excluding carboxylic acids is 1. The van der Waals surface area contributed by atoms with Gasteiger partial charge in [-0.1, -0.05) is 41.9 Å². The van der Waals surface area contributed by atoms with Crippen molar-refractivity contribution in [2.75, 3.05) is 68.8 Å². The fraction of sp³-hybridized carbons (Fsp3) is 0.500. The summed E-state index contributed by atoms with van der Waals surface area (Å²) in [6.45, 7) is 7.90. The minimum Gasteiger partial charge on any atom is -0.379 e. The van der Waals surface area contributed by atoms with Crippen LogP contribution in [0.5, 0.6) is 0 Å². The van der Waals surface area contributed by atoms with Crippen molar-refractivity contribution < 1.29 is 9.53 Å². The van der Waals surface area contributed by atoms with E-state index in [4.69, 9.17) is 16.3 Å². The lowest BCUT2D eigenvalue weighted by Crippen LogP contribution is -2.61. The van der Waals surface area contributed by atoms with E-state index >= 15 is 0 Å². The fourth-order valence-electron chi connectivity index (χ4n) is 5.45. The zero-order valence-corrected chi connectivity index (χ0v) is 19.8. The summed E-state index contributed by atoms with van der Waals surface area (Å²) in [5.41, 5.74) is 3.61. The third-order valence-electron chi connectivity index (χ3n) is 7.21. The Balaban J connectivity index is 1.28. The van der Waals surface area contributed by atoms with Crippen LogP contribution >= 0.6 is 11.6 Å². The van der Waals surface area contributed by atoms with Gasteiger partial charge in [-0.3, -0.25) is 9.69 Å². The molecule has 7 heteroatoms. The van der Waals surface area contributed by atoms with E-state index in [0.29, 0.717) is 0 Å². The molecule has 5 rings (SSSR count). The number of rotatable bonds is 6. The van der Waals surface area contributed by atoms with E-state index in [-0.39, 0.29) is 17.9 Å². The lowest BCUT2D eigenvalue weighted by molar-refractivity contribution is -0.125. The smallest absolute Gasteiger partial charge is 0.225 e. The molecule has 176 valence electrons. The molecular formula is C26H33ClN4O2. The van der Waals surface area contributed by atoms with Gasteiger partial charge in [0.15, 0.2) is 0 Å². The molecule has 0 saturated carbocycles. The summed E-state index contributed by atoms with van der Waals surface area (Å²) in [4.78, 5) is 20.6. The van der Waals surface area contributed by atoms with Crippen LogP contribution in [0.2, 0.25) is 5.02 Å². The maximum Gasteiger partial charge on any atom is 0.225 e. The van der Waals surface area contributed by atoms with Gasteiger partial charge in [0.25, 0.3) is 0 Å². The van der Waals surface area contributed by atoms with Crippen LogP contribution in [0.4, 0.5) is 11.4 Å². The average molecular weight is 469 g/mol. The molecule has 0 bridgehead atoms. The molecule has 2 fully saturated rings. The Labute approximate surface area is 201 Å². The Hall–Kier alpha value is -2.28. The number of nitrogens with one attached hydrogen (secondary N) is 1. The summed E-state index contributed by atoms with van der Waals surface area (Å²) in [5, 5.41) is 4.02. The molecule has 1 N–H and O–H groups in total. The van der Waals surface area contributed by atoms with Gasteiger partial charge in [0, 0.05) is 45.0 Å². The lowest BCUT2D eigenvalue weighted by Gasteiger charge is -2.49. The first kappa shape index (κ1) is 22.5. The molecule has 1 amide bonds. The molecule has 6 nitrogen and oxygen atoms in total. The predicted octanol–water partition coefficient (Wildman–Crippen LogP) is 3.05. The number of ether oxygens (including phenoxy) is 1. The van der Waals surface area contributed by atoms with Crippen molar-refractivity contribution in [1.29, 1.82) is 0 Å². The highest BCUT2D eigenvalue weighted by Gasteiger charge is 2.41. The number of anilines is 2. The van der Waals surface area contributed by atoms with E-state index in [2.05, 4.69) is 50.3 Å².